The van der Waals surface area contributed by atoms with E-state index in [2.05, 4.69) is 0 Å². The lowest BCUT2D eigenvalue weighted by Crippen LogP contribution is -2.63. The molecule has 11 nitrogen and oxygen atoms in total. The maximum Gasteiger partial charge on any atom is 0.255 e. The molecule has 0 heterocycles. The molecule has 1 aromatic carbocycles. The van der Waals surface area contributed by atoms with Gasteiger partial charge in [-0.1, -0.05) is 0 Å². The summed E-state index contributed by atoms with van der Waals surface area (Å²) in [4.78, 5) is 54.4. The second kappa shape index (κ2) is 7.92. The molecule has 0 radical (unpaired) electrons. The summed E-state index contributed by atoms with van der Waals surface area (Å²) in [6.45, 7) is 0. The maximum atomic E-state index is 13.6. The monoisotopic (exact) mass is 485 g/mol. The minimum Gasteiger partial charge on any atom is -0.510 e. The Morgan fingerprint density at radius 2 is 1.71 bits per heavy atom. The van der Waals surface area contributed by atoms with Gasteiger partial charge in [0.2, 0.25) is 5.78 Å². The molecule has 4 rings (SSSR count). The first-order chi connectivity index (χ1) is 16.2. The van der Waals surface area contributed by atoms with E-state index in [0.29, 0.717) is 5.56 Å². The summed E-state index contributed by atoms with van der Waals surface area (Å²) in [5, 5.41) is 44.0. The Morgan fingerprint density at radius 1 is 1.09 bits per heavy atom. The standard InChI is InChI=1S/C24H27N3O8/c1-26(2)17-12-8-9-7-11-10(23(34)27(3)4)5-6-13(28)15(11)18(29)14(9)20(31)24(12,35)21(32)16(19(17)30)22(25)33/h5-6,9,12,17,28,30-31,35H,7-8H2,1-4H3,(H2,25,33). The zero-order valence-electron chi connectivity index (χ0n) is 19.7. The number of hydrogen-bond donors (Lipinski definition) is 5. The summed E-state index contributed by atoms with van der Waals surface area (Å²) in [6, 6.07) is 1.54. The van der Waals surface area contributed by atoms with Crippen LogP contribution < -0.4 is 5.73 Å². The third-order valence-corrected chi connectivity index (χ3v) is 7.24. The Bertz CT molecular complexity index is 1260. The van der Waals surface area contributed by atoms with Crippen LogP contribution in [0.4, 0.5) is 0 Å². The van der Waals surface area contributed by atoms with Gasteiger partial charge in [0.05, 0.1) is 11.6 Å². The Labute approximate surface area is 200 Å². The van der Waals surface area contributed by atoms with Crippen LogP contribution in [0.3, 0.4) is 0 Å². The number of Topliss-reactive ketones (excluding diaryl/α,β-unsaturated/α-hetero) is 2. The summed E-state index contributed by atoms with van der Waals surface area (Å²) in [5.74, 6) is -7.66. The molecule has 0 bridgehead atoms. The largest absolute Gasteiger partial charge is 0.510 e. The average Bonchev–Trinajstić information content (AvgIpc) is 2.75. The number of primary amides is 1. The van der Waals surface area contributed by atoms with Crippen LogP contribution in [-0.2, 0) is 16.0 Å². The van der Waals surface area contributed by atoms with Gasteiger partial charge in [-0.25, -0.2) is 0 Å². The minimum atomic E-state index is -2.70. The van der Waals surface area contributed by atoms with Crippen molar-refractivity contribution in [3.05, 3.63) is 51.5 Å². The lowest BCUT2D eigenvalue weighted by atomic mass is 9.58. The number of amides is 2. The molecule has 6 N–H and O–H groups in total. The van der Waals surface area contributed by atoms with Gasteiger partial charge in [0.15, 0.2) is 11.4 Å². The maximum absolute atomic E-state index is 13.6. The molecule has 0 aliphatic heterocycles. The normalized spacial score (nSPS) is 28.0. The molecule has 4 atom stereocenters. The van der Waals surface area contributed by atoms with Crippen LogP contribution in [0.1, 0.15) is 32.7 Å². The molecule has 2 amide bonds. The topological polar surface area (TPSA) is 182 Å². The molecule has 4 unspecified atom stereocenters. The third kappa shape index (κ3) is 3.18. The fraction of sp³-hybridized carbons (Fsp3) is 0.417. The lowest BCUT2D eigenvalue weighted by molar-refractivity contribution is -0.148. The van der Waals surface area contributed by atoms with E-state index in [1.165, 1.54) is 21.9 Å². The highest BCUT2D eigenvalue weighted by molar-refractivity contribution is 6.25. The summed E-state index contributed by atoms with van der Waals surface area (Å²) in [6.07, 6.45) is 0.00879. The number of fused-ring (bicyclic) bond motifs is 3. The molecule has 0 saturated carbocycles. The summed E-state index contributed by atoms with van der Waals surface area (Å²) in [7, 11) is 6.20. The Kier molecular flexibility index (Phi) is 5.53. The number of carbonyl (C=O) groups is 4. The van der Waals surface area contributed by atoms with Crippen molar-refractivity contribution in [2.45, 2.75) is 24.5 Å². The highest BCUT2D eigenvalue weighted by Crippen LogP contribution is 2.52. The molecule has 0 aromatic heterocycles. The summed E-state index contributed by atoms with van der Waals surface area (Å²) in [5.41, 5.74) is 1.78. The quantitative estimate of drug-likeness (QED) is 0.363. The number of carbonyl (C=O) groups excluding carboxylic acids is 4. The zero-order valence-corrected chi connectivity index (χ0v) is 19.7. The number of allylic oxidation sites excluding steroid dienone is 1. The third-order valence-electron chi connectivity index (χ3n) is 7.24. The average molecular weight is 485 g/mol. The van der Waals surface area contributed by atoms with Crippen LogP contribution in [0.5, 0.6) is 5.75 Å². The number of nitrogens with two attached hydrogens (primary N) is 1. The molecule has 11 heteroatoms. The molecule has 35 heavy (non-hydrogen) atoms. The van der Waals surface area contributed by atoms with E-state index >= 15 is 0 Å². The number of aliphatic hydroxyl groups is 3. The number of benzene rings is 1. The van der Waals surface area contributed by atoms with Gasteiger partial charge < -0.3 is 31.1 Å². The van der Waals surface area contributed by atoms with Gasteiger partial charge in [-0.15, -0.1) is 0 Å². The number of nitrogens with zero attached hydrogens (tertiary/aromatic N) is 2. The first-order valence-electron chi connectivity index (χ1n) is 11.0. The van der Waals surface area contributed by atoms with E-state index in [9.17, 15) is 39.6 Å². The van der Waals surface area contributed by atoms with Crippen molar-refractivity contribution in [3.63, 3.8) is 0 Å². The van der Waals surface area contributed by atoms with Crippen molar-refractivity contribution < 1.29 is 39.6 Å². The number of aliphatic hydroxyl groups excluding tert-OH is 2. The number of likely N-dealkylation sites (N-methyl/N-ethyl adjacent to an activating group) is 1. The predicted molar refractivity (Wildman–Crippen MR) is 122 cm³/mol. The van der Waals surface area contributed by atoms with Crippen molar-refractivity contribution >= 4 is 23.4 Å². The Balaban J connectivity index is 1.97. The Morgan fingerprint density at radius 3 is 2.26 bits per heavy atom. The lowest BCUT2D eigenvalue weighted by Gasteiger charge is -2.50. The van der Waals surface area contributed by atoms with E-state index in [1.807, 2.05) is 0 Å². The molecule has 3 aliphatic carbocycles. The SMILES string of the molecule is CN(C)C(=O)c1ccc(O)c2c1CC1CC3C(N(C)C)C(O)=C(C(N)=O)C(=O)C3(O)C(O)=C1C2=O. The van der Waals surface area contributed by atoms with Gasteiger partial charge >= 0.3 is 0 Å². The number of ketones is 2. The molecular formula is C24H27N3O8. The number of phenolic OH excluding ortho intramolecular Hbond substituents is 1. The van der Waals surface area contributed by atoms with Gasteiger partial charge in [0.25, 0.3) is 11.8 Å². The fourth-order valence-electron chi connectivity index (χ4n) is 5.69. The van der Waals surface area contributed by atoms with Crippen LogP contribution in [0.2, 0.25) is 0 Å². The number of phenols is 1. The number of aromatic hydroxyl groups is 1. The number of rotatable bonds is 3. The highest BCUT2D eigenvalue weighted by atomic mass is 16.3. The summed E-state index contributed by atoms with van der Waals surface area (Å²) >= 11 is 0. The van der Waals surface area contributed by atoms with Crippen LogP contribution in [-0.4, -0.2) is 93.4 Å². The van der Waals surface area contributed by atoms with Gasteiger partial charge in [-0.05, 0) is 50.6 Å². The first kappa shape index (κ1) is 24.4. The van der Waals surface area contributed by atoms with Crippen LogP contribution >= 0.6 is 0 Å². The van der Waals surface area contributed by atoms with Crippen molar-refractivity contribution in [1.29, 1.82) is 0 Å². The van der Waals surface area contributed by atoms with Crippen LogP contribution in [0.25, 0.3) is 0 Å². The van der Waals surface area contributed by atoms with E-state index < -0.39 is 63.8 Å². The summed E-state index contributed by atoms with van der Waals surface area (Å²) < 4.78 is 0. The molecular weight excluding hydrogens is 458 g/mol. The van der Waals surface area contributed by atoms with Gasteiger partial charge in [0, 0.05) is 31.1 Å². The second-order valence-electron chi connectivity index (χ2n) is 9.65. The van der Waals surface area contributed by atoms with E-state index in [1.54, 1.807) is 28.2 Å². The second-order valence-corrected chi connectivity index (χ2v) is 9.65. The Hall–Kier alpha value is -3.70. The molecule has 0 spiro atoms. The van der Waals surface area contributed by atoms with Crippen molar-refractivity contribution in [3.8, 4) is 5.75 Å². The van der Waals surface area contributed by atoms with Crippen molar-refractivity contribution in [2.24, 2.45) is 17.6 Å². The molecule has 1 aromatic rings. The smallest absolute Gasteiger partial charge is 0.255 e. The molecule has 186 valence electrons. The fourth-order valence-corrected chi connectivity index (χ4v) is 5.69. The van der Waals surface area contributed by atoms with Gasteiger partial charge in [-0.2, -0.15) is 0 Å². The van der Waals surface area contributed by atoms with E-state index in [-0.39, 0.29) is 35.4 Å². The van der Waals surface area contributed by atoms with E-state index in [4.69, 9.17) is 5.73 Å². The number of hydrogen-bond acceptors (Lipinski definition) is 9. The van der Waals surface area contributed by atoms with Gasteiger partial charge in [-0.3, -0.25) is 24.1 Å². The highest BCUT2D eigenvalue weighted by Gasteiger charge is 2.63. The van der Waals surface area contributed by atoms with Crippen LogP contribution in [0, 0.1) is 11.8 Å². The molecule has 3 aliphatic rings. The van der Waals surface area contributed by atoms with Crippen LogP contribution in [0.15, 0.2) is 34.8 Å². The van der Waals surface area contributed by atoms with E-state index in [0.717, 1.165) is 0 Å². The minimum absolute atomic E-state index is 0.0446. The molecule has 0 saturated heterocycles. The zero-order chi connectivity index (χ0) is 26.1. The predicted octanol–water partition coefficient (Wildman–Crippen LogP) is -0.178. The van der Waals surface area contributed by atoms with Gasteiger partial charge in [0.1, 0.15) is 22.8 Å². The molecule has 0 fully saturated rings. The van der Waals surface area contributed by atoms with Crippen molar-refractivity contribution in [2.75, 3.05) is 28.2 Å². The van der Waals surface area contributed by atoms with Crippen molar-refractivity contribution in [1.82, 2.24) is 9.80 Å². The first-order valence-corrected chi connectivity index (χ1v) is 11.0.